The molecule has 0 saturated heterocycles. The number of H-pyrrole nitrogens is 1. The summed E-state index contributed by atoms with van der Waals surface area (Å²) in [4.78, 5) is 15.1. The van der Waals surface area contributed by atoms with E-state index >= 15 is 0 Å². The van der Waals surface area contributed by atoms with E-state index in [4.69, 9.17) is 17.3 Å². The molecule has 4 aromatic rings. The number of amides is 1. The van der Waals surface area contributed by atoms with E-state index in [1.54, 1.807) is 18.2 Å². The third-order valence-electron chi connectivity index (χ3n) is 4.39. The predicted octanol–water partition coefficient (Wildman–Crippen LogP) is 4.37. The van der Waals surface area contributed by atoms with Crippen molar-refractivity contribution in [3.63, 3.8) is 0 Å². The number of hydrogen-bond donors (Lipinski definition) is 3. The Bertz CT molecular complexity index is 1130. The van der Waals surface area contributed by atoms with Crippen LogP contribution in [0.4, 0.5) is 0 Å². The van der Waals surface area contributed by atoms with Crippen molar-refractivity contribution in [3.05, 3.63) is 76.3 Å². The van der Waals surface area contributed by atoms with Crippen molar-refractivity contribution in [1.29, 1.82) is 0 Å². The minimum absolute atomic E-state index is 0.116. The number of aromatic amines is 1. The van der Waals surface area contributed by atoms with Crippen LogP contribution in [0.15, 0.2) is 54.6 Å². The Kier molecular flexibility index (Phi) is 3.62. The number of halogens is 1. The highest BCUT2D eigenvalue weighted by Gasteiger charge is 2.17. The molecule has 0 aliphatic rings. The van der Waals surface area contributed by atoms with Gasteiger partial charge in [0.1, 0.15) is 5.75 Å². The number of phenolic OH excluding ortho intramolecular Hbond substituents is 1. The number of primary amides is 1. The number of carbonyl (C=O) groups is 1. The lowest BCUT2D eigenvalue weighted by Crippen LogP contribution is -2.10. The van der Waals surface area contributed by atoms with Gasteiger partial charge in [-0.1, -0.05) is 35.9 Å². The molecule has 0 aliphatic heterocycles. The van der Waals surface area contributed by atoms with Gasteiger partial charge < -0.3 is 15.8 Å². The molecule has 1 aromatic heterocycles. The van der Waals surface area contributed by atoms with Crippen molar-refractivity contribution in [2.45, 2.75) is 6.42 Å². The van der Waals surface area contributed by atoms with Crippen LogP contribution in [0.2, 0.25) is 5.02 Å². The van der Waals surface area contributed by atoms with Crippen LogP contribution in [0.25, 0.3) is 21.8 Å². The maximum absolute atomic E-state index is 11.8. The van der Waals surface area contributed by atoms with Crippen molar-refractivity contribution in [2.75, 3.05) is 0 Å². The van der Waals surface area contributed by atoms with Crippen LogP contribution < -0.4 is 5.73 Å². The first-order valence-corrected chi connectivity index (χ1v) is 8.22. The molecule has 3 aromatic carbocycles. The van der Waals surface area contributed by atoms with Gasteiger partial charge in [0.25, 0.3) is 0 Å². The first-order valence-electron chi connectivity index (χ1n) is 7.84. The summed E-state index contributed by atoms with van der Waals surface area (Å²) in [5, 5.41) is 12.3. The second-order valence-electron chi connectivity index (χ2n) is 6.02. The molecule has 0 saturated carbocycles. The monoisotopic (exact) mass is 350 g/mol. The SMILES string of the molecule is NC(=O)c1cccc2[nH]c3c(Cc4cccc(Cl)c4)ccc(O)c3c12. The molecule has 4 rings (SSSR count). The fourth-order valence-electron chi connectivity index (χ4n) is 3.31. The highest BCUT2D eigenvalue weighted by atomic mass is 35.5. The van der Waals surface area contributed by atoms with Crippen LogP contribution in [0, 0.1) is 0 Å². The molecule has 25 heavy (non-hydrogen) atoms. The summed E-state index contributed by atoms with van der Waals surface area (Å²) in [5.74, 6) is -0.407. The van der Waals surface area contributed by atoms with Crippen LogP contribution in [0.5, 0.6) is 5.75 Å². The molecular formula is C20H15ClN2O2. The average molecular weight is 351 g/mol. The standard InChI is InChI=1S/C20H15ClN2O2/c21-13-4-1-3-11(10-13)9-12-7-8-16(24)18-17-14(20(22)25)5-2-6-15(17)23-19(12)18/h1-8,10,23-24H,9H2,(H2,22,25). The smallest absolute Gasteiger partial charge is 0.249 e. The summed E-state index contributed by atoms with van der Waals surface area (Å²) in [6.07, 6.45) is 0.649. The summed E-state index contributed by atoms with van der Waals surface area (Å²) < 4.78 is 0. The Morgan fingerprint density at radius 3 is 2.64 bits per heavy atom. The molecule has 0 spiro atoms. The number of nitrogens with two attached hydrogens (primary N) is 1. The average Bonchev–Trinajstić information content (AvgIpc) is 2.98. The number of phenols is 1. The number of aromatic hydroxyl groups is 1. The highest BCUT2D eigenvalue weighted by molar-refractivity contribution is 6.30. The van der Waals surface area contributed by atoms with Gasteiger partial charge in [-0.2, -0.15) is 0 Å². The van der Waals surface area contributed by atoms with Crippen LogP contribution >= 0.6 is 11.6 Å². The first kappa shape index (κ1) is 15.5. The van der Waals surface area contributed by atoms with E-state index in [0.717, 1.165) is 22.2 Å². The third kappa shape index (κ3) is 2.61. The van der Waals surface area contributed by atoms with Crippen LogP contribution in [0.1, 0.15) is 21.5 Å². The molecule has 0 unspecified atom stereocenters. The fourth-order valence-corrected chi connectivity index (χ4v) is 3.52. The van der Waals surface area contributed by atoms with Crippen molar-refractivity contribution in [3.8, 4) is 5.75 Å². The molecule has 0 fully saturated rings. The molecule has 1 amide bonds. The third-order valence-corrected chi connectivity index (χ3v) is 4.63. The number of hydrogen-bond acceptors (Lipinski definition) is 2. The summed E-state index contributed by atoms with van der Waals surface area (Å²) in [6, 6.07) is 16.5. The number of nitrogens with one attached hydrogen (secondary N) is 1. The molecule has 0 radical (unpaired) electrons. The summed E-state index contributed by atoms with van der Waals surface area (Å²) in [6.45, 7) is 0. The Labute approximate surface area is 148 Å². The van der Waals surface area contributed by atoms with Gasteiger partial charge in [-0.25, -0.2) is 0 Å². The highest BCUT2D eigenvalue weighted by Crippen LogP contribution is 2.37. The topological polar surface area (TPSA) is 79.1 Å². The number of aromatic nitrogens is 1. The zero-order chi connectivity index (χ0) is 17.6. The number of fused-ring (bicyclic) bond motifs is 3. The number of carbonyl (C=O) groups excluding carboxylic acids is 1. The maximum Gasteiger partial charge on any atom is 0.249 e. The van der Waals surface area contributed by atoms with Gasteiger partial charge in [0.15, 0.2) is 0 Å². The Morgan fingerprint density at radius 1 is 1.08 bits per heavy atom. The molecule has 124 valence electrons. The lowest BCUT2D eigenvalue weighted by molar-refractivity contribution is 0.100. The zero-order valence-corrected chi connectivity index (χ0v) is 14.0. The van der Waals surface area contributed by atoms with Gasteiger partial charge in [0, 0.05) is 21.5 Å². The quantitative estimate of drug-likeness (QED) is 0.513. The minimum Gasteiger partial charge on any atom is -0.507 e. The van der Waals surface area contributed by atoms with Crippen molar-refractivity contribution in [2.24, 2.45) is 5.73 Å². The van der Waals surface area contributed by atoms with Gasteiger partial charge in [0.05, 0.1) is 10.9 Å². The van der Waals surface area contributed by atoms with Crippen LogP contribution in [-0.4, -0.2) is 16.0 Å². The van der Waals surface area contributed by atoms with Gasteiger partial charge in [-0.05, 0) is 47.9 Å². The lowest BCUT2D eigenvalue weighted by atomic mass is 9.99. The van der Waals surface area contributed by atoms with Crippen molar-refractivity contribution in [1.82, 2.24) is 4.98 Å². The molecule has 0 atom stereocenters. The molecule has 0 aliphatic carbocycles. The Morgan fingerprint density at radius 2 is 1.88 bits per heavy atom. The summed E-state index contributed by atoms with van der Waals surface area (Å²) >= 11 is 6.08. The number of benzene rings is 3. The summed E-state index contributed by atoms with van der Waals surface area (Å²) in [7, 11) is 0. The van der Waals surface area contributed by atoms with E-state index in [1.165, 1.54) is 0 Å². The molecule has 1 heterocycles. The molecule has 5 heteroatoms. The second kappa shape index (κ2) is 5.83. The van der Waals surface area contributed by atoms with Crippen LogP contribution in [-0.2, 0) is 6.42 Å². The minimum atomic E-state index is -0.522. The predicted molar refractivity (Wildman–Crippen MR) is 100 cm³/mol. The largest absolute Gasteiger partial charge is 0.507 e. The van der Waals surface area contributed by atoms with Gasteiger partial charge in [-0.15, -0.1) is 0 Å². The van der Waals surface area contributed by atoms with Crippen molar-refractivity contribution < 1.29 is 9.90 Å². The fraction of sp³-hybridized carbons (Fsp3) is 0.0500. The van der Waals surface area contributed by atoms with E-state index < -0.39 is 5.91 Å². The Hall–Kier alpha value is -2.98. The molecular weight excluding hydrogens is 336 g/mol. The zero-order valence-electron chi connectivity index (χ0n) is 13.2. The van der Waals surface area contributed by atoms with Gasteiger partial charge in [0.2, 0.25) is 5.91 Å². The molecule has 4 N–H and O–H groups in total. The second-order valence-corrected chi connectivity index (χ2v) is 6.45. The maximum atomic E-state index is 11.8. The van der Waals surface area contributed by atoms with Crippen molar-refractivity contribution >= 4 is 39.3 Å². The van der Waals surface area contributed by atoms with E-state index in [0.29, 0.717) is 27.8 Å². The van der Waals surface area contributed by atoms with Gasteiger partial charge in [-0.3, -0.25) is 4.79 Å². The molecule has 0 bridgehead atoms. The Balaban J connectivity index is 1.99. The van der Waals surface area contributed by atoms with E-state index in [9.17, 15) is 9.90 Å². The first-order chi connectivity index (χ1) is 12.0. The van der Waals surface area contributed by atoms with E-state index in [2.05, 4.69) is 4.98 Å². The van der Waals surface area contributed by atoms with E-state index in [-0.39, 0.29) is 5.75 Å². The molecule has 4 nitrogen and oxygen atoms in total. The number of rotatable bonds is 3. The van der Waals surface area contributed by atoms with Crippen LogP contribution in [0.3, 0.4) is 0 Å². The normalized spacial score (nSPS) is 11.2. The summed E-state index contributed by atoms with van der Waals surface area (Å²) in [5.41, 5.74) is 9.52. The lowest BCUT2D eigenvalue weighted by Gasteiger charge is -2.06. The van der Waals surface area contributed by atoms with E-state index in [1.807, 2.05) is 36.4 Å². The van der Waals surface area contributed by atoms with Gasteiger partial charge >= 0.3 is 0 Å².